The summed E-state index contributed by atoms with van der Waals surface area (Å²) < 4.78 is 5.34. The maximum Gasteiger partial charge on any atom is 0.339 e. The summed E-state index contributed by atoms with van der Waals surface area (Å²) in [5.41, 5.74) is 1.35. The molecule has 3 rings (SSSR count). The van der Waals surface area contributed by atoms with Crippen LogP contribution in [-0.4, -0.2) is 23.6 Å². The average Bonchev–Trinajstić information content (AvgIpc) is 2.85. The Bertz CT molecular complexity index is 739. The van der Waals surface area contributed by atoms with E-state index >= 15 is 0 Å². The van der Waals surface area contributed by atoms with E-state index in [9.17, 15) is 14.7 Å². The van der Waals surface area contributed by atoms with Crippen molar-refractivity contribution in [2.75, 3.05) is 11.9 Å². The van der Waals surface area contributed by atoms with Crippen LogP contribution in [-0.2, 0) is 17.8 Å². The first kappa shape index (κ1) is 15.0. The molecule has 0 radical (unpaired) electrons. The molecule has 0 saturated heterocycles. The predicted octanol–water partition coefficient (Wildman–Crippen LogP) is 3.42. The number of benzene rings is 1. The van der Waals surface area contributed by atoms with Gasteiger partial charge in [-0.3, -0.25) is 4.79 Å². The Morgan fingerprint density at radius 1 is 1.27 bits per heavy atom. The monoisotopic (exact) mass is 337 g/mol. The van der Waals surface area contributed by atoms with Gasteiger partial charge in [0.25, 0.3) is 5.91 Å². The van der Waals surface area contributed by atoms with Gasteiger partial charge < -0.3 is 15.2 Å². The number of carboxylic acid groups (broad SMARTS) is 1. The maximum atomic E-state index is 12.2. The normalized spacial score (nSPS) is 13.5. The molecule has 2 N–H and O–H groups in total. The van der Waals surface area contributed by atoms with Crippen LogP contribution in [0.2, 0.25) is 5.02 Å². The van der Waals surface area contributed by atoms with Gasteiger partial charge in [0, 0.05) is 15.5 Å². The number of anilines is 1. The molecular formula is C15H12ClNO4S. The summed E-state index contributed by atoms with van der Waals surface area (Å²) in [6, 6.07) is 6.41. The number of aromatic carboxylic acids is 1. The van der Waals surface area contributed by atoms with Crippen LogP contribution in [0.15, 0.2) is 24.3 Å². The molecule has 5 nitrogen and oxygen atoms in total. The lowest BCUT2D eigenvalue weighted by molar-refractivity contribution is 0.0693. The summed E-state index contributed by atoms with van der Waals surface area (Å²) in [7, 11) is 0. The number of fused-ring (bicyclic) bond motifs is 1. The molecule has 22 heavy (non-hydrogen) atoms. The van der Waals surface area contributed by atoms with Gasteiger partial charge in [0.15, 0.2) is 0 Å². The Morgan fingerprint density at radius 2 is 2.00 bits per heavy atom. The van der Waals surface area contributed by atoms with Crippen LogP contribution < -0.4 is 5.32 Å². The Hall–Kier alpha value is -1.89. The van der Waals surface area contributed by atoms with Crippen LogP contribution in [0, 0.1) is 0 Å². The van der Waals surface area contributed by atoms with E-state index in [0.29, 0.717) is 35.2 Å². The van der Waals surface area contributed by atoms with Crippen molar-refractivity contribution >= 4 is 39.8 Å². The summed E-state index contributed by atoms with van der Waals surface area (Å²) >= 11 is 7.04. The number of carboxylic acids is 1. The van der Waals surface area contributed by atoms with Crippen molar-refractivity contribution in [3.05, 3.63) is 50.9 Å². The molecule has 0 saturated carbocycles. The van der Waals surface area contributed by atoms with Crippen molar-refractivity contribution in [1.29, 1.82) is 0 Å². The maximum absolute atomic E-state index is 12.2. The van der Waals surface area contributed by atoms with Crippen molar-refractivity contribution in [3.8, 4) is 0 Å². The first-order valence-electron chi connectivity index (χ1n) is 6.58. The van der Waals surface area contributed by atoms with Crippen LogP contribution in [0.5, 0.6) is 0 Å². The molecule has 1 amide bonds. The third kappa shape index (κ3) is 2.85. The zero-order chi connectivity index (χ0) is 15.7. The highest BCUT2D eigenvalue weighted by molar-refractivity contribution is 7.17. The smallest absolute Gasteiger partial charge is 0.339 e. The zero-order valence-electron chi connectivity index (χ0n) is 11.4. The topological polar surface area (TPSA) is 75.6 Å². The second-order valence-corrected chi connectivity index (χ2v) is 6.32. The number of ether oxygens (including phenoxy) is 1. The van der Waals surface area contributed by atoms with Gasteiger partial charge in [-0.15, -0.1) is 11.3 Å². The molecule has 2 heterocycles. The Balaban J connectivity index is 1.91. The largest absolute Gasteiger partial charge is 0.478 e. The molecule has 0 spiro atoms. The van der Waals surface area contributed by atoms with Crippen LogP contribution in [0.25, 0.3) is 0 Å². The van der Waals surface area contributed by atoms with E-state index in [1.807, 2.05) is 0 Å². The van der Waals surface area contributed by atoms with E-state index in [1.54, 1.807) is 24.3 Å². The minimum atomic E-state index is -1.04. The van der Waals surface area contributed by atoms with E-state index in [0.717, 1.165) is 10.4 Å². The second kappa shape index (κ2) is 6.08. The molecule has 0 fully saturated rings. The number of carbonyl (C=O) groups is 2. The average molecular weight is 338 g/mol. The number of hydrogen-bond donors (Lipinski definition) is 2. The lowest BCUT2D eigenvalue weighted by atomic mass is 10.1. The number of hydrogen-bond acceptors (Lipinski definition) is 4. The van der Waals surface area contributed by atoms with Gasteiger partial charge in [0.05, 0.1) is 18.8 Å². The summed E-state index contributed by atoms with van der Waals surface area (Å²) in [6.07, 6.45) is 0.546. The fourth-order valence-corrected chi connectivity index (χ4v) is 3.62. The molecule has 0 unspecified atom stereocenters. The molecule has 7 heteroatoms. The third-order valence-corrected chi connectivity index (χ3v) is 4.74. The first-order valence-corrected chi connectivity index (χ1v) is 7.78. The minimum Gasteiger partial charge on any atom is -0.478 e. The minimum absolute atomic E-state index is 0.172. The second-order valence-electron chi connectivity index (χ2n) is 4.78. The molecule has 114 valence electrons. The molecule has 2 aromatic rings. The van der Waals surface area contributed by atoms with Gasteiger partial charge in [0.1, 0.15) is 5.00 Å². The summed E-state index contributed by atoms with van der Waals surface area (Å²) in [6.45, 7) is 0.881. The fourth-order valence-electron chi connectivity index (χ4n) is 2.32. The number of carbonyl (C=O) groups excluding carboxylic acids is 1. The first-order chi connectivity index (χ1) is 10.6. The van der Waals surface area contributed by atoms with E-state index in [-0.39, 0.29) is 11.5 Å². The summed E-state index contributed by atoms with van der Waals surface area (Å²) in [4.78, 5) is 24.6. The zero-order valence-corrected chi connectivity index (χ0v) is 13.0. The van der Waals surface area contributed by atoms with Crippen molar-refractivity contribution < 1.29 is 19.4 Å². The highest BCUT2D eigenvalue weighted by Gasteiger charge is 2.26. The van der Waals surface area contributed by atoms with Gasteiger partial charge in [-0.05, 0) is 36.2 Å². The molecule has 0 atom stereocenters. The summed E-state index contributed by atoms with van der Waals surface area (Å²) in [5, 5.41) is 13.0. The lowest BCUT2D eigenvalue weighted by Crippen LogP contribution is -2.15. The predicted molar refractivity (Wildman–Crippen MR) is 84.0 cm³/mol. The van der Waals surface area contributed by atoms with E-state index < -0.39 is 5.97 Å². The lowest BCUT2D eigenvalue weighted by Gasteiger charge is -2.12. The SMILES string of the molecule is O=C(Nc1sc2c(c1C(=O)O)CCOC2)c1ccc(Cl)cc1. The van der Waals surface area contributed by atoms with Gasteiger partial charge in [-0.25, -0.2) is 4.79 Å². The molecule has 1 aliphatic rings. The summed E-state index contributed by atoms with van der Waals surface area (Å²) in [5.74, 6) is -1.40. The Labute approximate surface area is 135 Å². The number of nitrogens with one attached hydrogen (secondary N) is 1. The Morgan fingerprint density at radius 3 is 2.68 bits per heavy atom. The number of thiophene rings is 1. The Kier molecular flexibility index (Phi) is 4.15. The molecule has 1 aliphatic heterocycles. The standard InChI is InChI=1S/C15H12ClNO4S/c16-9-3-1-8(2-4-9)13(18)17-14-12(15(19)20)10-5-6-21-7-11(10)22-14/h1-4H,5-7H2,(H,17,18)(H,19,20). The van der Waals surface area contributed by atoms with Crippen molar-refractivity contribution in [3.63, 3.8) is 0 Å². The van der Waals surface area contributed by atoms with Crippen molar-refractivity contribution in [2.45, 2.75) is 13.0 Å². The fraction of sp³-hybridized carbons (Fsp3) is 0.200. The number of halogens is 1. The number of amides is 1. The van der Waals surface area contributed by atoms with E-state index in [1.165, 1.54) is 11.3 Å². The molecule has 0 bridgehead atoms. The third-order valence-electron chi connectivity index (χ3n) is 3.37. The van der Waals surface area contributed by atoms with Gasteiger partial charge in [-0.2, -0.15) is 0 Å². The molecule has 1 aromatic heterocycles. The van der Waals surface area contributed by atoms with Gasteiger partial charge in [0.2, 0.25) is 0 Å². The van der Waals surface area contributed by atoms with Crippen LogP contribution in [0.4, 0.5) is 5.00 Å². The van der Waals surface area contributed by atoms with Gasteiger partial charge >= 0.3 is 5.97 Å². The van der Waals surface area contributed by atoms with Crippen LogP contribution >= 0.6 is 22.9 Å². The quantitative estimate of drug-likeness (QED) is 0.899. The van der Waals surface area contributed by atoms with Crippen molar-refractivity contribution in [2.24, 2.45) is 0 Å². The number of rotatable bonds is 3. The van der Waals surface area contributed by atoms with E-state index in [2.05, 4.69) is 5.32 Å². The highest BCUT2D eigenvalue weighted by atomic mass is 35.5. The van der Waals surface area contributed by atoms with Crippen LogP contribution in [0.1, 0.15) is 31.2 Å². The van der Waals surface area contributed by atoms with Gasteiger partial charge in [-0.1, -0.05) is 11.6 Å². The van der Waals surface area contributed by atoms with Crippen LogP contribution in [0.3, 0.4) is 0 Å². The molecule has 0 aliphatic carbocycles. The van der Waals surface area contributed by atoms with Crippen molar-refractivity contribution in [1.82, 2.24) is 0 Å². The van der Waals surface area contributed by atoms with E-state index in [4.69, 9.17) is 16.3 Å². The highest BCUT2D eigenvalue weighted by Crippen LogP contribution is 2.36. The molecule has 1 aromatic carbocycles. The molecular weight excluding hydrogens is 326 g/mol.